The molecule has 0 saturated heterocycles. The molecule has 1 aliphatic heterocycles. The quantitative estimate of drug-likeness (QED) is 0.528. The third-order valence-corrected chi connectivity index (χ3v) is 6.37. The van der Waals surface area contributed by atoms with Gasteiger partial charge in [0.15, 0.2) is 11.5 Å². The SMILES string of the molecule is COc1ccc(C(CC(=O)NCC(=O)O)N2C(=O)c3ccc(C)cc3C2=O)cc1OC1CCCC1. The molecule has 2 aliphatic rings. The van der Waals surface area contributed by atoms with E-state index >= 15 is 0 Å². The molecule has 1 aliphatic carbocycles. The van der Waals surface area contributed by atoms with Gasteiger partial charge >= 0.3 is 5.97 Å². The number of carboxylic acids is 1. The molecule has 2 aromatic rings. The summed E-state index contributed by atoms with van der Waals surface area (Å²) in [4.78, 5) is 51.2. The van der Waals surface area contributed by atoms with E-state index in [1.54, 1.807) is 36.4 Å². The number of amides is 3. The molecule has 1 heterocycles. The molecule has 0 spiro atoms. The number of benzene rings is 2. The highest BCUT2D eigenvalue weighted by Gasteiger charge is 2.41. The Balaban J connectivity index is 1.71. The molecular weight excluding hydrogens is 452 g/mol. The second-order valence-corrected chi connectivity index (χ2v) is 8.85. The predicted octanol–water partition coefficient (Wildman–Crippen LogP) is 3.25. The van der Waals surface area contributed by atoms with Crippen LogP contribution in [0.1, 0.15) is 70.0 Å². The van der Waals surface area contributed by atoms with Gasteiger partial charge in [0.1, 0.15) is 6.54 Å². The molecule has 9 nitrogen and oxygen atoms in total. The number of rotatable bonds is 9. The monoisotopic (exact) mass is 480 g/mol. The van der Waals surface area contributed by atoms with Crippen molar-refractivity contribution in [2.45, 2.75) is 51.2 Å². The first-order chi connectivity index (χ1) is 16.8. The van der Waals surface area contributed by atoms with Crippen molar-refractivity contribution in [3.63, 3.8) is 0 Å². The van der Waals surface area contributed by atoms with Crippen LogP contribution in [0.4, 0.5) is 0 Å². The fourth-order valence-electron chi connectivity index (χ4n) is 4.61. The van der Waals surface area contributed by atoms with Gasteiger partial charge in [-0.2, -0.15) is 0 Å². The minimum atomic E-state index is -1.19. The van der Waals surface area contributed by atoms with E-state index in [2.05, 4.69) is 5.32 Å². The number of carboxylic acid groups (broad SMARTS) is 1. The fraction of sp³-hybridized carbons (Fsp3) is 0.385. The molecule has 1 fully saturated rings. The zero-order chi connectivity index (χ0) is 25.1. The largest absolute Gasteiger partial charge is 0.493 e. The van der Waals surface area contributed by atoms with Crippen LogP contribution in [-0.4, -0.2) is 53.5 Å². The molecule has 2 aromatic carbocycles. The Morgan fingerprint density at radius 1 is 1.06 bits per heavy atom. The van der Waals surface area contributed by atoms with E-state index in [1.165, 1.54) is 7.11 Å². The molecule has 3 amide bonds. The number of nitrogens with zero attached hydrogens (tertiary/aromatic N) is 1. The van der Waals surface area contributed by atoms with E-state index < -0.39 is 36.3 Å². The first kappa shape index (κ1) is 24.3. The Hall–Kier alpha value is -3.88. The summed E-state index contributed by atoms with van der Waals surface area (Å²) in [7, 11) is 1.53. The van der Waals surface area contributed by atoms with Crippen molar-refractivity contribution < 1.29 is 33.8 Å². The van der Waals surface area contributed by atoms with E-state index in [0.717, 1.165) is 36.1 Å². The topological polar surface area (TPSA) is 122 Å². The number of hydrogen-bond acceptors (Lipinski definition) is 6. The van der Waals surface area contributed by atoms with Crippen LogP contribution in [0.15, 0.2) is 36.4 Å². The van der Waals surface area contributed by atoms with Gasteiger partial charge < -0.3 is 19.9 Å². The van der Waals surface area contributed by atoms with Crippen molar-refractivity contribution in [3.8, 4) is 11.5 Å². The van der Waals surface area contributed by atoms with Crippen LogP contribution in [0, 0.1) is 6.92 Å². The number of ether oxygens (including phenoxy) is 2. The number of fused-ring (bicyclic) bond motifs is 1. The molecule has 35 heavy (non-hydrogen) atoms. The molecule has 9 heteroatoms. The highest BCUT2D eigenvalue weighted by molar-refractivity contribution is 6.21. The lowest BCUT2D eigenvalue weighted by Crippen LogP contribution is -2.38. The normalized spacial score (nSPS) is 16.2. The van der Waals surface area contributed by atoms with Crippen molar-refractivity contribution in [1.29, 1.82) is 0 Å². The van der Waals surface area contributed by atoms with Crippen LogP contribution in [0.2, 0.25) is 0 Å². The summed E-state index contributed by atoms with van der Waals surface area (Å²) in [6, 6.07) is 9.11. The Labute approximate surface area is 203 Å². The molecular formula is C26H28N2O7. The van der Waals surface area contributed by atoms with E-state index in [1.807, 2.05) is 6.92 Å². The lowest BCUT2D eigenvalue weighted by molar-refractivity contribution is -0.138. The average molecular weight is 481 g/mol. The third-order valence-electron chi connectivity index (χ3n) is 6.37. The Morgan fingerprint density at radius 2 is 1.77 bits per heavy atom. The van der Waals surface area contributed by atoms with Gasteiger partial charge in [0.25, 0.3) is 11.8 Å². The van der Waals surface area contributed by atoms with Gasteiger partial charge in [-0.1, -0.05) is 17.7 Å². The zero-order valence-corrected chi connectivity index (χ0v) is 19.7. The van der Waals surface area contributed by atoms with Gasteiger partial charge in [-0.25, -0.2) is 0 Å². The molecule has 4 rings (SSSR count). The van der Waals surface area contributed by atoms with E-state index in [-0.39, 0.29) is 23.7 Å². The molecule has 0 bridgehead atoms. The maximum Gasteiger partial charge on any atom is 0.322 e. The summed E-state index contributed by atoms with van der Waals surface area (Å²) < 4.78 is 11.6. The van der Waals surface area contributed by atoms with Gasteiger partial charge in [-0.15, -0.1) is 0 Å². The smallest absolute Gasteiger partial charge is 0.322 e. The average Bonchev–Trinajstić information content (AvgIpc) is 3.42. The number of methoxy groups -OCH3 is 1. The molecule has 0 radical (unpaired) electrons. The molecule has 2 N–H and O–H groups in total. The lowest BCUT2D eigenvalue weighted by atomic mass is 10.0. The predicted molar refractivity (Wildman–Crippen MR) is 126 cm³/mol. The summed E-state index contributed by atoms with van der Waals surface area (Å²) >= 11 is 0. The molecule has 1 saturated carbocycles. The van der Waals surface area contributed by atoms with Gasteiger partial charge in [-0.3, -0.25) is 24.1 Å². The van der Waals surface area contributed by atoms with Crippen molar-refractivity contribution >= 4 is 23.7 Å². The number of hydrogen-bond donors (Lipinski definition) is 2. The Kier molecular flexibility index (Phi) is 7.04. The standard InChI is InChI=1S/C26H28N2O7/c1-15-7-9-18-19(11-15)26(33)28(25(18)32)20(13-23(29)27-14-24(30)31)16-8-10-21(34-2)22(12-16)35-17-5-3-4-6-17/h7-12,17,20H,3-6,13-14H2,1-2H3,(H,27,29)(H,30,31). The summed E-state index contributed by atoms with van der Waals surface area (Å²) in [5, 5.41) is 11.2. The van der Waals surface area contributed by atoms with Crippen molar-refractivity contribution in [3.05, 3.63) is 58.7 Å². The molecule has 184 valence electrons. The summed E-state index contributed by atoms with van der Waals surface area (Å²) in [6.45, 7) is 1.26. The van der Waals surface area contributed by atoms with Crippen molar-refractivity contribution in [2.24, 2.45) is 0 Å². The van der Waals surface area contributed by atoms with Crippen LogP contribution in [0.25, 0.3) is 0 Å². The maximum atomic E-state index is 13.3. The minimum absolute atomic E-state index is 0.0405. The van der Waals surface area contributed by atoms with E-state index in [9.17, 15) is 19.2 Å². The van der Waals surface area contributed by atoms with Crippen molar-refractivity contribution in [1.82, 2.24) is 10.2 Å². The van der Waals surface area contributed by atoms with E-state index in [4.69, 9.17) is 14.6 Å². The minimum Gasteiger partial charge on any atom is -0.493 e. The molecule has 0 aromatic heterocycles. The second kappa shape index (κ2) is 10.2. The number of nitrogens with one attached hydrogen (secondary N) is 1. The molecule has 1 unspecified atom stereocenters. The Bertz CT molecular complexity index is 1170. The van der Waals surface area contributed by atoms with Crippen LogP contribution in [0.3, 0.4) is 0 Å². The lowest BCUT2D eigenvalue weighted by Gasteiger charge is -2.27. The number of carbonyl (C=O) groups excluding carboxylic acids is 3. The van der Waals surface area contributed by atoms with Crippen LogP contribution >= 0.6 is 0 Å². The van der Waals surface area contributed by atoms with Crippen molar-refractivity contribution in [2.75, 3.05) is 13.7 Å². The number of aliphatic carboxylic acids is 1. The maximum absolute atomic E-state index is 13.3. The number of imide groups is 1. The summed E-state index contributed by atoms with van der Waals surface area (Å²) in [6.07, 6.45) is 3.74. The van der Waals surface area contributed by atoms with E-state index in [0.29, 0.717) is 17.1 Å². The number of aryl methyl sites for hydroxylation is 1. The van der Waals surface area contributed by atoms with Crippen LogP contribution in [-0.2, 0) is 9.59 Å². The van der Waals surface area contributed by atoms with Gasteiger partial charge in [0, 0.05) is 0 Å². The van der Waals surface area contributed by atoms with Crippen LogP contribution in [0.5, 0.6) is 11.5 Å². The number of carbonyl (C=O) groups is 4. The zero-order valence-electron chi connectivity index (χ0n) is 19.7. The summed E-state index contributed by atoms with van der Waals surface area (Å²) in [5.41, 5.74) is 1.89. The van der Waals surface area contributed by atoms with Crippen LogP contribution < -0.4 is 14.8 Å². The highest BCUT2D eigenvalue weighted by Crippen LogP contribution is 2.39. The highest BCUT2D eigenvalue weighted by atomic mass is 16.5. The van der Waals surface area contributed by atoms with Gasteiger partial charge in [0.05, 0.1) is 36.8 Å². The Morgan fingerprint density at radius 3 is 2.46 bits per heavy atom. The second-order valence-electron chi connectivity index (χ2n) is 8.85. The summed E-state index contributed by atoms with van der Waals surface area (Å²) in [5.74, 6) is -1.82. The molecule has 1 atom stereocenters. The first-order valence-corrected chi connectivity index (χ1v) is 11.6. The fourth-order valence-corrected chi connectivity index (χ4v) is 4.61. The van der Waals surface area contributed by atoms with Gasteiger partial charge in [0.2, 0.25) is 5.91 Å². The third kappa shape index (κ3) is 5.13. The first-order valence-electron chi connectivity index (χ1n) is 11.6. The van der Waals surface area contributed by atoms with Gasteiger partial charge in [-0.05, 0) is 62.4 Å².